The predicted molar refractivity (Wildman–Crippen MR) is 80.9 cm³/mol. The van der Waals surface area contributed by atoms with E-state index in [1.54, 1.807) is 18.5 Å². The number of nitrogens with zero attached hydrogens (tertiary/aromatic N) is 3. The Kier molecular flexibility index (Phi) is 4.13. The highest BCUT2D eigenvalue weighted by atomic mass is 19.1. The summed E-state index contributed by atoms with van der Waals surface area (Å²) < 4.78 is 13.2. The van der Waals surface area contributed by atoms with Gasteiger partial charge in [0.15, 0.2) is 0 Å². The molecule has 5 heteroatoms. The first-order valence-electron chi connectivity index (χ1n) is 7.45. The van der Waals surface area contributed by atoms with Gasteiger partial charge in [0.25, 0.3) is 0 Å². The van der Waals surface area contributed by atoms with Gasteiger partial charge in [-0.25, -0.2) is 14.4 Å². The molecule has 22 heavy (non-hydrogen) atoms. The number of rotatable bonds is 2. The lowest BCUT2D eigenvalue weighted by atomic mass is 10.1. The Hall–Kier alpha value is -2.30. The number of aromatic nitrogens is 2. The SMILES string of the molecule is Cc1ncnc2c1CCN(C(=O)Cc1cccc(F)c1)CC2. The second kappa shape index (κ2) is 6.22. The van der Waals surface area contributed by atoms with E-state index in [-0.39, 0.29) is 18.1 Å². The maximum absolute atomic E-state index is 13.2. The first kappa shape index (κ1) is 14.6. The van der Waals surface area contributed by atoms with Crippen LogP contribution in [0.1, 0.15) is 22.5 Å². The number of halogens is 1. The molecule has 0 saturated carbocycles. The van der Waals surface area contributed by atoms with Gasteiger partial charge in [0, 0.05) is 30.9 Å². The molecule has 0 fully saturated rings. The fraction of sp³-hybridized carbons (Fsp3) is 0.353. The van der Waals surface area contributed by atoms with E-state index in [1.807, 2.05) is 11.8 Å². The lowest BCUT2D eigenvalue weighted by Crippen LogP contribution is -2.34. The number of carbonyl (C=O) groups is 1. The van der Waals surface area contributed by atoms with Crippen molar-refractivity contribution in [1.82, 2.24) is 14.9 Å². The van der Waals surface area contributed by atoms with Crippen molar-refractivity contribution < 1.29 is 9.18 Å². The second-order valence-electron chi connectivity index (χ2n) is 5.57. The number of aryl methyl sites for hydroxylation is 1. The summed E-state index contributed by atoms with van der Waals surface area (Å²) in [6.45, 7) is 3.29. The smallest absolute Gasteiger partial charge is 0.227 e. The quantitative estimate of drug-likeness (QED) is 0.853. The monoisotopic (exact) mass is 299 g/mol. The molecule has 1 amide bonds. The van der Waals surface area contributed by atoms with E-state index in [0.29, 0.717) is 18.7 Å². The van der Waals surface area contributed by atoms with E-state index < -0.39 is 0 Å². The molecule has 1 aromatic carbocycles. The van der Waals surface area contributed by atoms with Crippen LogP contribution in [0.15, 0.2) is 30.6 Å². The molecule has 0 atom stereocenters. The van der Waals surface area contributed by atoms with Crippen molar-refractivity contribution in [3.63, 3.8) is 0 Å². The Morgan fingerprint density at radius 2 is 2.09 bits per heavy atom. The minimum atomic E-state index is -0.306. The Bertz CT molecular complexity index is 702. The third-order valence-corrected chi connectivity index (χ3v) is 4.10. The molecule has 0 spiro atoms. The highest BCUT2D eigenvalue weighted by molar-refractivity contribution is 5.78. The Balaban J connectivity index is 1.69. The molecule has 0 bridgehead atoms. The molecule has 1 aromatic heterocycles. The lowest BCUT2D eigenvalue weighted by molar-refractivity contribution is -0.130. The normalized spacial score (nSPS) is 14.4. The molecule has 0 saturated heterocycles. The highest BCUT2D eigenvalue weighted by Gasteiger charge is 2.20. The minimum absolute atomic E-state index is 0.0315. The van der Waals surface area contributed by atoms with E-state index in [9.17, 15) is 9.18 Å². The zero-order valence-corrected chi connectivity index (χ0v) is 12.6. The molecular formula is C17H18FN3O. The Morgan fingerprint density at radius 3 is 2.91 bits per heavy atom. The van der Waals surface area contributed by atoms with Gasteiger partial charge in [0.2, 0.25) is 5.91 Å². The van der Waals surface area contributed by atoms with Gasteiger partial charge in [0.1, 0.15) is 12.1 Å². The third-order valence-electron chi connectivity index (χ3n) is 4.10. The van der Waals surface area contributed by atoms with E-state index in [1.165, 1.54) is 12.1 Å². The molecule has 0 N–H and O–H groups in total. The summed E-state index contributed by atoms with van der Waals surface area (Å²) in [5.74, 6) is -0.275. The van der Waals surface area contributed by atoms with E-state index >= 15 is 0 Å². The van der Waals surface area contributed by atoms with Crippen LogP contribution in [0.2, 0.25) is 0 Å². The van der Waals surface area contributed by atoms with Crippen LogP contribution in [0, 0.1) is 12.7 Å². The average molecular weight is 299 g/mol. The van der Waals surface area contributed by atoms with Crippen molar-refractivity contribution in [1.29, 1.82) is 0 Å². The van der Waals surface area contributed by atoms with Gasteiger partial charge in [-0.2, -0.15) is 0 Å². The number of fused-ring (bicyclic) bond motifs is 1. The molecule has 0 unspecified atom stereocenters. The first-order valence-corrected chi connectivity index (χ1v) is 7.45. The fourth-order valence-electron chi connectivity index (χ4n) is 2.87. The lowest BCUT2D eigenvalue weighted by Gasteiger charge is -2.20. The zero-order valence-electron chi connectivity index (χ0n) is 12.6. The van der Waals surface area contributed by atoms with Crippen LogP contribution in [0.25, 0.3) is 0 Å². The number of hydrogen-bond acceptors (Lipinski definition) is 3. The molecule has 0 radical (unpaired) electrons. The van der Waals surface area contributed by atoms with Crippen LogP contribution < -0.4 is 0 Å². The third kappa shape index (κ3) is 3.13. The van der Waals surface area contributed by atoms with Gasteiger partial charge >= 0.3 is 0 Å². The molecular weight excluding hydrogens is 281 g/mol. The number of benzene rings is 1. The predicted octanol–water partition coefficient (Wildman–Crippen LogP) is 2.09. The summed E-state index contributed by atoms with van der Waals surface area (Å²) in [4.78, 5) is 22.8. The van der Waals surface area contributed by atoms with Gasteiger partial charge in [-0.05, 0) is 36.6 Å². The van der Waals surface area contributed by atoms with Crippen molar-refractivity contribution in [2.75, 3.05) is 13.1 Å². The van der Waals surface area contributed by atoms with Crippen LogP contribution in [-0.2, 0) is 24.1 Å². The summed E-state index contributed by atoms with van der Waals surface area (Å²) in [7, 11) is 0. The maximum Gasteiger partial charge on any atom is 0.227 e. The number of amides is 1. The molecule has 3 rings (SSSR count). The van der Waals surface area contributed by atoms with Crippen molar-refractivity contribution in [3.8, 4) is 0 Å². The van der Waals surface area contributed by atoms with Gasteiger partial charge in [0.05, 0.1) is 6.42 Å². The summed E-state index contributed by atoms with van der Waals surface area (Å²) in [5.41, 5.74) is 3.89. The number of carbonyl (C=O) groups excluding carboxylic acids is 1. The molecule has 1 aliphatic heterocycles. The van der Waals surface area contributed by atoms with Crippen LogP contribution in [-0.4, -0.2) is 33.9 Å². The van der Waals surface area contributed by atoms with Gasteiger partial charge in [-0.1, -0.05) is 12.1 Å². The largest absolute Gasteiger partial charge is 0.342 e. The summed E-state index contributed by atoms with van der Waals surface area (Å²) in [6.07, 6.45) is 3.33. The van der Waals surface area contributed by atoms with Gasteiger partial charge in [-0.3, -0.25) is 4.79 Å². The van der Waals surface area contributed by atoms with Gasteiger partial charge in [-0.15, -0.1) is 0 Å². The second-order valence-corrected chi connectivity index (χ2v) is 5.57. The summed E-state index contributed by atoms with van der Waals surface area (Å²) >= 11 is 0. The maximum atomic E-state index is 13.2. The Morgan fingerprint density at radius 1 is 1.27 bits per heavy atom. The van der Waals surface area contributed by atoms with Crippen LogP contribution in [0.4, 0.5) is 4.39 Å². The standard InChI is InChI=1S/C17H18FN3O/c1-12-15-5-7-21(8-6-16(15)20-11-19-12)17(22)10-13-3-2-4-14(18)9-13/h2-4,9,11H,5-8,10H2,1H3. The van der Waals surface area contributed by atoms with Crippen LogP contribution in [0.5, 0.6) is 0 Å². The van der Waals surface area contributed by atoms with Crippen LogP contribution in [0.3, 0.4) is 0 Å². The summed E-state index contributed by atoms with van der Waals surface area (Å²) in [6, 6.07) is 6.22. The molecule has 0 aliphatic carbocycles. The number of hydrogen-bond donors (Lipinski definition) is 0. The first-order chi connectivity index (χ1) is 10.6. The highest BCUT2D eigenvalue weighted by Crippen LogP contribution is 2.16. The van der Waals surface area contributed by atoms with Crippen molar-refractivity contribution in [3.05, 3.63) is 58.9 Å². The molecule has 1 aliphatic rings. The van der Waals surface area contributed by atoms with Crippen LogP contribution >= 0.6 is 0 Å². The van der Waals surface area contributed by atoms with Crippen molar-refractivity contribution >= 4 is 5.91 Å². The average Bonchev–Trinajstić information content (AvgIpc) is 2.71. The topological polar surface area (TPSA) is 46.1 Å². The molecule has 114 valence electrons. The molecule has 2 aromatic rings. The fourth-order valence-corrected chi connectivity index (χ4v) is 2.87. The van der Waals surface area contributed by atoms with Gasteiger partial charge < -0.3 is 4.90 Å². The van der Waals surface area contributed by atoms with Crippen molar-refractivity contribution in [2.24, 2.45) is 0 Å². The minimum Gasteiger partial charge on any atom is -0.342 e. The van der Waals surface area contributed by atoms with E-state index in [4.69, 9.17) is 0 Å². The van der Waals surface area contributed by atoms with E-state index in [0.717, 1.165) is 29.8 Å². The molecule has 2 heterocycles. The van der Waals surface area contributed by atoms with Crippen molar-refractivity contribution in [2.45, 2.75) is 26.2 Å². The summed E-state index contributed by atoms with van der Waals surface area (Å²) in [5, 5.41) is 0. The zero-order chi connectivity index (χ0) is 15.5. The Labute approximate surface area is 129 Å². The molecule has 4 nitrogen and oxygen atoms in total. The van der Waals surface area contributed by atoms with E-state index in [2.05, 4.69) is 9.97 Å².